The highest BCUT2D eigenvalue weighted by Gasteiger charge is 2.49. The number of benzene rings is 1. The van der Waals surface area contributed by atoms with Crippen molar-refractivity contribution < 1.29 is 37.4 Å². The van der Waals surface area contributed by atoms with Crippen molar-refractivity contribution in [2.24, 2.45) is 0 Å². The highest BCUT2D eigenvalue weighted by Crippen LogP contribution is 2.23. The number of aliphatic carboxylic acids is 1. The fourth-order valence-corrected chi connectivity index (χ4v) is 1.42. The molecule has 21 heavy (non-hydrogen) atoms. The van der Waals surface area contributed by atoms with Gasteiger partial charge in [-0.25, -0.2) is 13.6 Å². The normalized spacial score (nSPS) is 13.0. The van der Waals surface area contributed by atoms with Gasteiger partial charge in [-0.15, -0.1) is 0 Å². The Bertz CT molecular complexity index is 518. The molecule has 1 rings (SSSR count). The van der Waals surface area contributed by atoms with E-state index in [1.165, 1.54) is 29.6 Å². The second-order valence-corrected chi connectivity index (χ2v) is 4.16. The van der Waals surface area contributed by atoms with Crippen LogP contribution in [0.15, 0.2) is 24.3 Å². The summed E-state index contributed by atoms with van der Waals surface area (Å²) in [7, 11) is 0. The average Bonchev–Trinajstić information content (AvgIpc) is 2.39. The van der Waals surface area contributed by atoms with E-state index < -0.39 is 36.7 Å². The Morgan fingerprint density at radius 2 is 1.71 bits per heavy atom. The molecule has 0 saturated carbocycles. The van der Waals surface area contributed by atoms with Crippen LogP contribution in [0, 0.1) is 0 Å². The first kappa shape index (κ1) is 16.7. The van der Waals surface area contributed by atoms with Gasteiger partial charge in [0.05, 0.1) is 0 Å². The van der Waals surface area contributed by atoms with E-state index in [-0.39, 0.29) is 5.75 Å². The number of alkyl halides is 4. The molecule has 0 heterocycles. The number of carboxylic acid groups (broad SMARTS) is 1. The van der Waals surface area contributed by atoms with E-state index in [1.807, 2.05) is 0 Å². The fraction of sp³-hybridized carbons (Fsp3) is 0.333. The number of carbonyl (C=O) groups is 2. The summed E-state index contributed by atoms with van der Waals surface area (Å²) in [6.07, 6.45) is -4.64. The molecule has 1 aromatic rings. The zero-order valence-corrected chi connectivity index (χ0v) is 10.4. The van der Waals surface area contributed by atoms with Gasteiger partial charge in [0.1, 0.15) is 11.8 Å². The molecule has 0 aliphatic heterocycles. The molecule has 3 N–H and O–H groups in total. The molecule has 0 spiro atoms. The van der Waals surface area contributed by atoms with Crippen LogP contribution in [0.3, 0.4) is 0 Å². The van der Waals surface area contributed by atoms with Gasteiger partial charge in [-0.1, -0.05) is 12.1 Å². The van der Waals surface area contributed by atoms with Crippen molar-refractivity contribution in [3.63, 3.8) is 0 Å². The lowest BCUT2D eigenvalue weighted by Gasteiger charge is -2.19. The third-order valence-electron chi connectivity index (χ3n) is 2.56. The summed E-state index contributed by atoms with van der Waals surface area (Å²) >= 11 is 0. The Morgan fingerprint density at radius 3 is 2.14 bits per heavy atom. The molecule has 1 aromatic carbocycles. The van der Waals surface area contributed by atoms with E-state index in [4.69, 9.17) is 10.2 Å². The zero-order valence-electron chi connectivity index (χ0n) is 10.4. The van der Waals surface area contributed by atoms with Crippen molar-refractivity contribution in [1.29, 1.82) is 0 Å². The smallest absolute Gasteiger partial charge is 0.383 e. The Kier molecular flexibility index (Phi) is 5.12. The topological polar surface area (TPSA) is 86.6 Å². The van der Waals surface area contributed by atoms with E-state index in [0.29, 0.717) is 5.56 Å². The highest BCUT2D eigenvalue weighted by molar-refractivity contribution is 5.88. The van der Waals surface area contributed by atoms with Crippen molar-refractivity contribution in [3.05, 3.63) is 29.8 Å². The van der Waals surface area contributed by atoms with Gasteiger partial charge in [-0.3, -0.25) is 4.79 Å². The molecule has 1 amide bonds. The van der Waals surface area contributed by atoms with Crippen LogP contribution in [0.5, 0.6) is 5.75 Å². The minimum atomic E-state index is -4.97. The first-order valence-electron chi connectivity index (χ1n) is 5.62. The Hall–Kier alpha value is -2.32. The van der Waals surface area contributed by atoms with E-state index in [2.05, 4.69) is 0 Å². The van der Waals surface area contributed by atoms with Gasteiger partial charge in [0, 0.05) is 6.42 Å². The molecule has 0 fully saturated rings. The highest BCUT2D eigenvalue weighted by atomic mass is 19.3. The number of rotatable bonds is 6. The zero-order chi connectivity index (χ0) is 16.2. The lowest BCUT2D eigenvalue weighted by atomic mass is 10.1. The van der Waals surface area contributed by atoms with Crippen LogP contribution in [0.2, 0.25) is 0 Å². The number of aromatic hydroxyl groups is 1. The SMILES string of the molecule is O=C(O)C(Cc1ccc(O)cc1)NC(=O)C(F)(F)C(F)F. The average molecular weight is 309 g/mol. The van der Waals surface area contributed by atoms with Gasteiger partial charge < -0.3 is 15.5 Å². The fourth-order valence-electron chi connectivity index (χ4n) is 1.42. The predicted octanol–water partition coefficient (Wildman–Crippen LogP) is 1.40. The van der Waals surface area contributed by atoms with Crippen LogP contribution in [0.4, 0.5) is 17.6 Å². The summed E-state index contributed by atoms with van der Waals surface area (Å²) in [6.45, 7) is 0. The molecule has 0 aromatic heterocycles. The van der Waals surface area contributed by atoms with Crippen molar-refractivity contribution in [1.82, 2.24) is 5.32 Å². The molecule has 5 nitrogen and oxygen atoms in total. The van der Waals surface area contributed by atoms with Crippen molar-refractivity contribution in [2.45, 2.75) is 24.8 Å². The van der Waals surface area contributed by atoms with Crippen molar-refractivity contribution in [2.75, 3.05) is 0 Å². The largest absolute Gasteiger partial charge is 0.508 e. The van der Waals surface area contributed by atoms with Crippen LogP contribution < -0.4 is 5.32 Å². The third-order valence-corrected chi connectivity index (χ3v) is 2.56. The minimum absolute atomic E-state index is 0.0982. The third kappa shape index (κ3) is 4.33. The van der Waals surface area contributed by atoms with E-state index in [1.54, 1.807) is 0 Å². The molecule has 0 bridgehead atoms. The van der Waals surface area contributed by atoms with Gasteiger partial charge in [0.25, 0.3) is 5.91 Å². The number of halogens is 4. The molecular formula is C12H11F4NO4. The first-order valence-corrected chi connectivity index (χ1v) is 5.62. The molecule has 0 radical (unpaired) electrons. The molecular weight excluding hydrogens is 298 g/mol. The maximum absolute atomic E-state index is 12.8. The monoisotopic (exact) mass is 309 g/mol. The summed E-state index contributed by atoms with van der Waals surface area (Å²) in [5.41, 5.74) is 0.306. The molecule has 1 unspecified atom stereocenters. The molecule has 0 saturated heterocycles. The number of nitrogens with one attached hydrogen (secondary N) is 1. The summed E-state index contributed by atoms with van der Waals surface area (Å²) < 4.78 is 49.5. The second-order valence-electron chi connectivity index (χ2n) is 4.16. The Balaban J connectivity index is 2.81. The van der Waals surface area contributed by atoms with Gasteiger partial charge in [-0.2, -0.15) is 8.78 Å². The van der Waals surface area contributed by atoms with Gasteiger partial charge in [-0.05, 0) is 17.7 Å². The van der Waals surface area contributed by atoms with Crippen LogP contribution in [0.25, 0.3) is 0 Å². The maximum Gasteiger partial charge on any atom is 0.383 e. The van der Waals surface area contributed by atoms with Crippen molar-refractivity contribution in [3.8, 4) is 5.75 Å². The molecule has 116 valence electrons. The van der Waals surface area contributed by atoms with E-state index in [0.717, 1.165) is 0 Å². The van der Waals surface area contributed by atoms with Gasteiger partial charge >= 0.3 is 18.3 Å². The Morgan fingerprint density at radius 1 is 1.19 bits per heavy atom. The number of carboxylic acids is 1. The molecule has 9 heteroatoms. The van der Waals surface area contributed by atoms with Crippen LogP contribution >= 0.6 is 0 Å². The lowest BCUT2D eigenvalue weighted by Crippen LogP contribution is -2.52. The number of hydrogen-bond acceptors (Lipinski definition) is 3. The van der Waals surface area contributed by atoms with Crippen molar-refractivity contribution >= 4 is 11.9 Å². The molecule has 0 aliphatic carbocycles. The van der Waals surface area contributed by atoms with E-state index >= 15 is 0 Å². The van der Waals surface area contributed by atoms with Gasteiger partial charge in [0.2, 0.25) is 0 Å². The summed E-state index contributed by atoms with van der Waals surface area (Å²) in [4.78, 5) is 21.9. The number of carbonyl (C=O) groups excluding carboxylic acids is 1. The standard InChI is InChI=1S/C12H11F4NO4/c13-10(14)12(15,16)11(21)17-8(9(19)20)5-6-1-3-7(18)4-2-6/h1-4,8,10,18H,5H2,(H,17,21)(H,19,20). The maximum atomic E-state index is 12.8. The number of phenolic OH excluding ortho intramolecular Hbond substituents is 1. The predicted molar refractivity (Wildman–Crippen MR) is 62.3 cm³/mol. The summed E-state index contributed by atoms with van der Waals surface area (Å²) in [6, 6.07) is 3.27. The summed E-state index contributed by atoms with van der Waals surface area (Å²) in [5.74, 6) is -9.08. The number of amides is 1. The second kappa shape index (κ2) is 6.42. The Labute approximate surface area is 116 Å². The first-order chi connectivity index (χ1) is 9.64. The van der Waals surface area contributed by atoms with Gasteiger partial charge in [0.15, 0.2) is 0 Å². The minimum Gasteiger partial charge on any atom is -0.508 e. The number of hydrogen-bond donors (Lipinski definition) is 3. The van der Waals surface area contributed by atoms with Crippen LogP contribution in [-0.2, 0) is 16.0 Å². The quantitative estimate of drug-likeness (QED) is 0.693. The lowest BCUT2D eigenvalue weighted by molar-refractivity contribution is -0.171. The summed E-state index contributed by atoms with van der Waals surface area (Å²) in [5, 5.41) is 19.3. The number of phenols is 1. The van der Waals surface area contributed by atoms with E-state index in [9.17, 15) is 27.2 Å². The molecule has 0 aliphatic rings. The van der Waals surface area contributed by atoms with Crippen LogP contribution in [0.1, 0.15) is 5.56 Å². The molecule has 1 atom stereocenters. The van der Waals surface area contributed by atoms with Crippen LogP contribution in [-0.4, -0.2) is 40.5 Å².